The standard InChI is InChI=1S/C20H15N3O2S/c21-16-10-13(24)11-17(23-16)26-19-18(12-6-2-1-3-7-12)14-8-4-5-9-15(14)22-20(19)25/h1-10,21,24H,11H2,(H,22,25). The Balaban J connectivity index is 1.93. The summed E-state index contributed by atoms with van der Waals surface area (Å²) in [5, 5.41) is 18.9. The van der Waals surface area contributed by atoms with Crippen molar-refractivity contribution < 1.29 is 5.11 Å². The molecule has 0 saturated carbocycles. The monoisotopic (exact) mass is 361 g/mol. The molecule has 1 aliphatic rings. The summed E-state index contributed by atoms with van der Waals surface area (Å²) in [7, 11) is 0. The number of benzene rings is 2. The van der Waals surface area contributed by atoms with Gasteiger partial charge >= 0.3 is 0 Å². The Morgan fingerprint density at radius 2 is 1.81 bits per heavy atom. The van der Waals surface area contributed by atoms with E-state index in [0.717, 1.165) is 22.0 Å². The van der Waals surface area contributed by atoms with Gasteiger partial charge in [-0.3, -0.25) is 10.2 Å². The lowest BCUT2D eigenvalue weighted by molar-refractivity contribution is 0.406. The number of dihydropyridines is 1. The Morgan fingerprint density at radius 1 is 1.08 bits per heavy atom. The highest BCUT2D eigenvalue weighted by atomic mass is 32.2. The van der Waals surface area contributed by atoms with E-state index in [-0.39, 0.29) is 23.6 Å². The van der Waals surface area contributed by atoms with Crippen LogP contribution in [0, 0.1) is 5.41 Å². The van der Waals surface area contributed by atoms with Crippen molar-refractivity contribution in [2.45, 2.75) is 11.3 Å². The smallest absolute Gasteiger partial charge is 0.263 e. The van der Waals surface area contributed by atoms with Crippen LogP contribution in [0.4, 0.5) is 0 Å². The lowest BCUT2D eigenvalue weighted by atomic mass is 10.0. The van der Waals surface area contributed by atoms with Crippen LogP contribution in [-0.2, 0) is 0 Å². The van der Waals surface area contributed by atoms with E-state index in [1.165, 1.54) is 17.8 Å². The minimum atomic E-state index is -0.212. The van der Waals surface area contributed by atoms with Crippen molar-refractivity contribution in [1.82, 2.24) is 4.98 Å². The molecule has 0 atom stereocenters. The maximum Gasteiger partial charge on any atom is 0.263 e. The molecule has 26 heavy (non-hydrogen) atoms. The van der Waals surface area contributed by atoms with Gasteiger partial charge in [0.2, 0.25) is 0 Å². The molecule has 128 valence electrons. The zero-order chi connectivity index (χ0) is 18.1. The van der Waals surface area contributed by atoms with Crippen LogP contribution in [-0.4, -0.2) is 21.0 Å². The summed E-state index contributed by atoms with van der Waals surface area (Å²) >= 11 is 1.20. The summed E-state index contributed by atoms with van der Waals surface area (Å²) in [5.74, 6) is 0.0562. The van der Waals surface area contributed by atoms with E-state index in [9.17, 15) is 9.90 Å². The number of rotatable bonds is 2. The summed E-state index contributed by atoms with van der Waals surface area (Å²) in [6.45, 7) is 0. The average Bonchev–Trinajstić information content (AvgIpc) is 2.62. The number of hydrogen-bond donors (Lipinski definition) is 3. The van der Waals surface area contributed by atoms with Crippen LogP contribution < -0.4 is 5.56 Å². The van der Waals surface area contributed by atoms with E-state index >= 15 is 0 Å². The second-order valence-corrected chi connectivity index (χ2v) is 6.96. The molecule has 1 aliphatic heterocycles. The number of aliphatic imine (C=N–C) groups is 1. The second-order valence-electron chi connectivity index (χ2n) is 5.88. The van der Waals surface area contributed by atoms with Gasteiger partial charge in [-0.2, -0.15) is 0 Å². The number of aromatic nitrogens is 1. The van der Waals surface area contributed by atoms with Crippen LogP contribution in [0.5, 0.6) is 0 Å². The quantitative estimate of drug-likeness (QED) is 0.627. The molecular formula is C20H15N3O2S. The molecule has 3 aromatic rings. The normalized spacial score (nSPS) is 14.2. The van der Waals surface area contributed by atoms with Gasteiger partial charge in [0.05, 0.1) is 16.4 Å². The first-order valence-corrected chi connectivity index (χ1v) is 8.87. The fourth-order valence-electron chi connectivity index (χ4n) is 2.96. The maximum atomic E-state index is 12.8. The van der Waals surface area contributed by atoms with Gasteiger partial charge in [-0.15, -0.1) is 0 Å². The highest BCUT2D eigenvalue weighted by Crippen LogP contribution is 2.36. The minimum absolute atomic E-state index is 0.0188. The van der Waals surface area contributed by atoms with Crippen molar-refractivity contribution in [3.05, 3.63) is 76.8 Å². The van der Waals surface area contributed by atoms with E-state index in [1.54, 1.807) is 0 Å². The number of allylic oxidation sites excluding steroid dienone is 1. The number of nitrogens with one attached hydrogen (secondary N) is 2. The van der Waals surface area contributed by atoms with Gasteiger partial charge in [-0.1, -0.05) is 60.3 Å². The maximum absolute atomic E-state index is 12.8. The number of para-hydroxylation sites is 1. The molecule has 5 nitrogen and oxygen atoms in total. The Bertz CT molecular complexity index is 1130. The summed E-state index contributed by atoms with van der Waals surface area (Å²) < 4.78 is 0. The molecule has 0 bridgehead atoms. The van der Waals surface area contributed by atoms with E-state index in [4.69, 9.17) is 5.41 Å². The van der Waals surface area contributed by atoms with E-state index in [0.29, 0.717) is 9.94 Å². The van der Waals surface area contributed by atoms with Gasteiger partial charge in [-0.05, 0) is 11.6 Å². The van der Waals surface area contributed by atoms with Crippen LogP contribution in [0.1, 0.15) is 6.42 Å². The molecule has 0 unspecified atom stereocenters. The summed E-state index contributed by atoms with van der Waals surface area (Å²) in [6.07, 6.45) is 1.53. The largest absolute Gasteiger partial charge is 0.512 e. The Morgan fingerprint density at radius 3 is 2.58 bits per heavy atom. The zero-order valence-electron chi connectivity index (χ0n) is 13.7. The third-order valence-electron chi connectivity index (χ3n) is 4.04. The first kappa shape index (κ1) is 16.4. The molecule has 0 spiro atoms. The molecule has 2 heterocycles. The first-order valence-electron chi connectivity index (χ1n) is 8.06. The molecule has 6 heteroatoms. The van der Waals surface area contributed by atoms with Crippen LogP contribution >= 0.6 is 11.8 Å². The lowest BCUT2D eigenvalue weighted by Gasteiger charge is -2.15. The number of fused-ring (bicyclic) bond motifs is 1. The molecule has 3 N–H and O–H groups in total. The number of thioether (sulfide) groups is 1. The minimum Gasteiger partial charge on any atom is -0.512 e. The van der Waals surface area contributed by atoms with E-state index in [1.807, 2.05) is 54.6 Å². The number of amidine groups is 1. The SMILES string of the molecule is N=C1C=C(O)CC(Sc2c(-c3ccccc3)c3ccccc3[nH]c2=O)=N1. The van der Waals surface area contributed by atoms with Crippen molar-refractivity contribution in [3.63, 3.8) is 0 Å². The average molecular weight is 361 g/mol. The third-order valence-corrected chi connectivity index (χ3v) is 5.11. The Kier molecular flexibility index (Phi) is 4.18. The first-order chi connectivity index (χ1) is 12.6. The number of nitrogens with zero attached hydrogens (tertiary/aromatic N) is 1. The predicted molar refractivity (Wildman–Crippen MR) is 106 cm³/mol. The second kappa shape index (κ2) is 6.65. The lowest BCUT2D eigenvalue weighted by Crippen LogP contribution is -2.14. The van der Waals surface area contributed by atoms with Crippen LogP contribution in [0.25, 0.3) is 22.0 Å². The van der Waals surface area contributed by atoms with Crippen LogP contribution in [0.2, 0.25) is 0 Å². The number of pyridine rings is 1. The van der Waals surface area contributed by atoms with E-state index in [2.05, 4.69) is 9.98 Å². The van der Waals surface area contributed by atoms with Gasteiger partial charge < -0.3 is 10.1 Å². The number of H-pyrrole nitrogens is 1. The van der Waals surface area contributed by atoms with Crippen LogP contribution in [0.3, 0.4) is 0 Å². The molecule has 4 rings (SSSR count). The number of hydrogen-bond acceptors (Lipinski definition) is 4. The van der Waals surface area contributed by atoms with Gasteiger partial charge in [-0.25, -0.2) is 4.99 Å². The molecule has 0 fully saturated rings. The van der Waals surface area contributed by atoms with Crippen molar-refractivity contribution >= 4 is 33.5 Å². The summed E-state index contributed by atoms with van der Waals surface area (Å²) in [4.78, 5) is 20.4. The van der Waals surface area contributed by atoms with Gasteiger partial charge in [0, 0.05) is 22.5 Å². The Labute approximate surface area is 153 Å². The Hall–Kier alpha value is -3.12. The highest BCUT2D eigenvalue weighted by molar-refractivity contribution is 8.14. The van der Waals surface area contributed by atoms with Gasteiger partial charge in [0.1, 0.15) is 11.6 Å². The number of aliphatic hydroxyl groups is 1. The number of aromatic amines is 1. The molecule has 0 radical (unpaired) electrons. The van der Waals surface area contributed by atoms with E-state index < -0.39 is 0 Å². The van der Waals surface area contributed by atoms with Crippen molar-refractivity contribution in [2.24, 2.45) is 4.99 Å². The fourth-order valence-corrected chi connectivity index (χ4v) is 4.03. The highest BCUT2D eigenvalue weighted by Gasteiger charge is 2.19. The summed E-state index contributed by atoms with van der Waals surface area (Å²) in [5.41, 5.74) is 2.32. The number of aliphatic hydroxyl groups excluding tert-OH is 1. The van der Waals surface area contributed by atoms with Gasteiger partial charge in [0.25, 0.3) is 5.56 Å². The molecule has 2 aromatic carbocycles. The molecular weight excluding hydrogens is 346 g/mol. The van der Waals surface area contributed by atoms with Crippen molar-refractivity contribution in [3.8, 4) is 11.1 Å². The predicted octanol–water partition coefficient (Wildman–Crippen LogP) is 4.51. The molecule has 0 aliphatic carbocycles. The zero-order valence-corrected chi connectivity index (χ0v) is 14.5. The summed E-state index contributed by atoms with van der Waals surface area (Å²) in [6, 6.07) is 17.4. The van der Waals surface area contributed by atoms with Crippen molar-refractivity contribution in [2.75, 3.05) is 0 Å². The fraction of sp³-hybridized carbons (Fsp3) is 0.0500. The molecule has 0 saturated heterocycles. The topological polar surface area (TPSA) is 89.3 Å². The van der Waals surface area contributed by atoms with Gasteiger partial charge in [0.15, 0.2) is 0 Å². The van der Waals surface area contributed by atoms with Crippen molar-refractivity contribution in [1.29, 1.82) is 5.41 Å². The third kappa shape index (κ3) is 3.07. The van der Waals surface area contributed by atoms with Crippen LogP contribution in [0.15, 0.2) is 81.1 Å². The molecule has 1 aromatic heterocycles. The molecule has 0 amide bonds.